The summed E-state index contributed by atoms with van der Waals surface area (Å²) in [5.74, 6) is -0.275. The van der Waals surface area contributed by atoms with Crippen molar-refractivity contribution in [2.24, 2.45) is 0 Å². The molecule has 1 aromatic rings. The Morgan fingerprint density at radius 1 is 1.13 bits per heavy atom. The average Bonchev–Trinajstić information content (AvgIpc) is 2.67. The summed E-state index contributed by atoms with van der Waals surface area (Å²) in [5, 5.41) is 1.89. The third kappa shape index (κ3) is 4.86. The van der Waals surface area contributed by atoms with Crippen molar-refractivity contribution in [3.05, 3.63) is 35.9 Å². The second-order valence-electron chi connectivity index (χ2n) is 9.71. The molecule has 0 aliphatic carbocycles. The standard InChI is InChI=1S/C24H38N2O4/c1-9-24(10-2)21(28)25(22(4,5)6)17-23(7,8)26(24)30-20(16-29-18(3)27)19-14-12-11-13-15-19/h11-15,20H,9-10,16-17H2,1-8H3. The Bertz CT molecular complexity index is 735. The van der Waals surface area contributed by atoms with Crippen molar-refractivity contribution in [1.29, 1.82) is 0 Å². The van der Waals surface area contributed by atoms with Gasteiger partial charge in [-0.1, -0.05) is 44.2 Å². The van der Waals surface area contributed by atoms with Crippen molar-refractivity contribution >= 4 is 11.9 Å². The van der Waals surface area contributed by atoms with E-state index in [1.807, 2.05) is 54.1 Å². The molecule has 1 aromatic carbocycles. The molecule has 0 bridgehead atoms. The number of ether oxygens (including phenoxy) is 1. The normalized spacial score (nSPS) is 20.1. The van der Waals surface area contributed by atoms with Crippen LogP contribution >= 0.6 is 0 Å². The number of hydrogen-bond donors (Lipinski definition) is 0. The van der Waals surface area contributed by atoms with E-state index < -0.39 is 17.2 Å². The number of hydroxylamine groups is 2. The second-order valence-corrected chi connectivity index (χ2v) is 9.71. The summed E-state index contributed by atoms with van der Waals surface area (Å²) in [6, 6.07) is 9.70. The first-order valence-corrected chi connectivity index (χ1v) is 10.9. The molecule has 0 saturated carbocycles. The van der Waals surface area contributed by atoms with E-state index in [4.69, 9.17) is 9.57 Å². The van der Waals surface area contributed by atoms with Crippen molar-refractivity contribution in [3.8, 4) is 0 Å². The van der Waals surface area contributed by atoms with E-state index in [-0.39, 0.29) is 24.0 Å². The van der Waals surface area contributed by atoms with Gasteiger partial charge < -0.3 is 9.64 Å². The van der Waals surface area contributed by atoms with Gasteiger partial charge in [0.25, 0.3) is 0 Å². The summed E-state index contributed by atoms with van der Waals surface area (Å²) in [4.78, 5) is 33.8. The van der Waals surface area contributed by atoms with Crippen LogP contribution in [-0.4, -0.2) is 51.6 Å². The molecule has 1 saturated heterocycles. The van der Waals surface area contributed by atoms with Gasteiger partial charge >= 0.3 is 5.97 Å². The van der Waals surface area contributed by atoms with Gasteiger partial charge in [-0.3, -0.25) is 14.4 Å². The lowest BCUT2D eigenvalue weighted by atomic mass is 9.80. The highest BCUT2D eigenvalue weighted by molar-refractivity contribution is 5.88. The summed E-state index contributed by atoms with van der Waals surface area (Å²) in [7, 11) is 0. The number of esters is 1. The topological polar surface area (TPSA) is 59.1 Å². The van der Waals surface area contributed by atoms with Gasteiger partial charge in [0.05, 0.1) is 5.54 Å². The highest BCUT2D eigenvalue weighted by Crippen LogP contribution is 2.42. The number of amides is 1. The number of carbonyl (C=O) groups is 2. The molecule has 0 spiro atoms. The van der Waals surface area contributed by atoms with E-state index in [0.29, 0.717) is 19.4 Å². The van der Waals surface area contributed by atoms with Gasteiger partial charge in [0.15, 0.2) is 0 Å². The molecule has 1 aliphatic rings. The fourth-order valence-electron chi connectivity index (χ4n) is 4.24. The van der Waals surface area contributed by atoms with Gasteiger partial charge in [0.1, 0.15) is 18.2 Å². The quantitative estimate of drug-likeness (QED) is 0.610. The van der Waals surface area contributed by atoms with E-state index in [9.17, 15) is 9.59 Å². The molecular formula is C24H38N2O4. The summed E-state index contributed by atoms with van der Waals surface area (Å²) < 4.78 is 5.32. The molecular weight excluding hydrogens is 380 g/mol. The fourth-order valence-corrected chi connectivity index (χ4v) is 4.24. The number of piperazine rings is 1. The van der Waals surface area contributed by atoms with E-state index >= 15 is 0 Å². The zero-order chi connectivity index (χ0) is 22.7. The molecule has 2 rings (SSSR count). The monoisotopic (exact) mass is 418 g/mol. The molecule has 0 radical (unpaired) electrons. The SMILES string of the molecule is CCC1(CC)C(=O)N(C(C)(C)C)CC(C)(C)N1OC(COC(C)=O)c1ccccc1. The van der Waals surface area contributed by atoms with Crippen LogP contribution < -0.4 is 0 Å². The number of rotatable bonds is 7. The van der Waals surface area contributed by atoms with E-state index in [1.165, 1.54) is 6.92 Å². The minimum Gasteiger partial charge on any atom is -0.463 e. The van der Waals surface area contributed by atoms with Crippen LogP contribution in [0.2, 0.25) is 0 Å². The van der Waals surface area contributed by atoms with Gasteiger partial charge in [-0.15, -0.1) is 0 Å². The number of hydrogen-bond acceptors (Lipinski definition) is 5. The Morgan fingerprint density at radius 3 is 2.17 bits per heavy atom. The maximum Gasteiger partial charge on any atom is 0.302 e. The molecule has 6 nitrogen and oxygen atoms in total. The summed E-state index contributed by atoms with van der Waals surface area (Å²) in [5.41, 5.74) is -0.609. The first-order chi connectivity index (χ1) is 13.9. The highest BCUT2D eigenvalue weighted by Gasteiger charge is 2.57. The fraction of sp³-hybridized carbons (Fsp3) is 0.667. The molecule has 0 N–H and O–H groups in total. The second kappa shape index (κ2) is 9.06. The van der Waals surface area contributed by atoms with Gasteiger partial charge in [-0.25, -0.2) is 0 Å². The Labute approximate surface area is 181 Å². The smallest absolute Gasteiger partial charge is 0.302 e. The van der Waals surface area contributed by atoms with Crippen LogP contribution in [-0.2, 0) is 19.2 Å². The zero-order valence-corrected chi connectivity index (χ0v) is 19.8. The van der Waals surface area contributed by atoms with Crippen LogP contribution in [0.5, 0.6) is 0 Å². The van der Waals surface area contributed by atoms with Crippen molar-refractivity contribution in [2.75, 3.05) is 13.2 Å². The maximum atomic E-state index is 13.8. The number of benzene rings is 1. The first-order valence-electron chi connectivity index (χ1n) is 10.9. The summed E-state index contributed by atoms with van der Waals surface area (Å²) in [6.45, 7) is 16.5. The Hall–Kier alpha value is -1.92. The highest BCUT2D eigenvalue weighted by atomic mass is 16.7. The van der Waals surface area contributed by atoms with Gasteiger partial charge in [0, 0.05) is 19.0 Å². The van der Waals surface area contributed by atoms with Crippen molar-refractivity contribution in [1.82, 2.24) is 9.96 Å². The van der Waals surface area contributed by atoms with Crippen molar-refractivity contribution in [3.63, 3.8) is 0 Å². The van der Waals surface area contributed by atoms with Crippen LogP contribution in [0, 0.1) is 0 Å². The third-order valence-electron chi connectivity index (χ3n) is 5.95. The van der Waals surface area contributed by atoms with E-state index in [2.05, 4.69) is 34.6 Å². The van der Waals surface area contributed by atoms with Crippen LogP contribution in [0.25, 0.3) is 0 Å². The minimum atomic E-state index is -0.793. The average molecular weight is 419 g/mol. The van der Waals surface area contributed by atoms with E-state index in [1.54, 1.807) is 0 Å². The van der Waals surface area contributed by atoms with Crippen LogP contribution in [0.3, 0.4) is 0 Å². The molecule has 1 amide bonds. The first kappa shape index (κ1) is 24.4. The summed E-state index contributed by atoms with van der Waals surface area (Å²) in [6.07, 6.45) is 0.738. The molecule has 1 unspecified atom stereocenters. The molecule has 168 valence electrons. The molecule has 1 heterocycles. The van der Waals surface area contributed by atoms with Crippen molar-refractivity contribution in [2.45, 2.75) is 91.0 Å². The minimum absolute atomic E-state index is 0.0821. The maximum absolute atomic E-state index is 13.8. The van der Waals surface area contributed by atoms with Gasteiger partial charge in [-0.2, -0.15) is 5.06 Å². The predicted octanol–water partition coefficient (Wildman–Crippen LogP) is 4.50. The van der Waals surface area contributed by atoms with Crippen molar-refractivity contribution < 1.29 is 19.2 Å². The van der Waals surface area contributed by atoms with E-state index in [0.717, 1.165) is 5.56 Å². The Morgan fingerprint density at radius 2 is 1.70 bits per heavy atom. The van der Waals surface area contributed by atoms with Gasteiger partial charge in [0.2, 0.25) is 5.91 Å². The molecule has 1 fully saturated rings. The molecule has 0 aromatic heterocycles. The van der Waals surface area contributed by atoms with Gasteiger partial charge in [-0.05, 0) is 53.0 Å². The van der Waals surface area contributed by atoms with Crippen LogP contribution in [0.1, 0.15) is 79.9 Å². The molecule has 6 heteroatoms. The summed E-state index contributed by atoms with van der Waals surface area (Å²) >= 11 is 0. The lowest BCUT2D eigenvalue weighted by Gasteiger charge is -2.59. The largest absolute Gasteiger partial charge is 0.463 e. The Kier molecular flexibility index (Phi) is 7.36. The number of carbonyl (C=O) groups excluding carboxylic acids is 2. The number of nitrogens with zero attached hydrogens (tertiary/aromatic N) is 2. The molecule has 30 heavy (non-hydrogen) atoms. The predicted molar refractivity (Wildman–Crippen MR) is 118 cm³/mol. The third-order valence-corrected chi connectivity index (χ3v) is 5.95. The molecule has 1 aliphatic heterocycles. The zero-order valence-electron chi connectivity index (χ0n) is 19.8. The van der Waals surface area contributed by atoms with Crippen LogP contribution in [0.15, 0.2) is 30.3 Å². The lowest BCUT2D eigenvalue weighted by molar-refractivity contribution is -0.318. The Balaban J connectivity index is 2.49. The molecule has 1 atom stereocenters. The lowest BCUT2D eigenvalue weighted by Crippen LogP contribution is -2.75. The van der Waals surface area contributed by atoms with Crippen LogP contribution in [0.4, 0.5) is 0 Å².